The minimum absolute atomic E-state index is 0.0150. The van der Waals surface area contributed by atoms with Crippen LogP contribution in [-0.4, -0.2) is 44.9 Å². The maximum atomic E-state index is 12.3. The first-order chi connectivity index (χ1) is 10.2. The van der Waals surface area contributed by atoms with Crippen molar-refractivity contribution in [2.24, 2.45) is 0 Å². The SMILES string of the molecule is Cc1cc(N[C@@H]2CCN(C(=O)c3ccccn3)C2)ncn1. The summed E-state index contributed by atoms with van der Waals surface area (Å²) in [6, 6.07) is 7.50. The third kappa shape index (κ3) is 3.16. The molecular weight excluding hydrogens is 266 g/mol. The number of likely N-dealkylation sites (tertiary alicyclic amines) is 1. The van der Waals surface area contributed by atoms with Crippen LogP contribution in [-0.2, 0) is 0 Å². The first-order valence-corrected chi connectivity index (χ1v) is 6.98. The van der Waals surface area contributed by atoms with Gasteiger partial charge in [0.25, 0.3) is 5.91 Å². The number of hydrogen-bond acceptors (Lipinski definition) is 5. The van der Waals surface area contributed by atoms with E-state index in [4.69, 9.17) is 0 Å². The zero-order chi connectivity index (χ0) is 14.7. The van der Waals surface area contributed by atoms with Gasteiger partial charge in [0.05, 0.1) is 0 Å². The van der Waals surface area contributed by atoms with Crippen LogP contribution in [0.1, 0.15) is 22.6 Å². The highest BCUT2D eigenvalue weighted by Crippen LogP contribution is 2.16. The molecule has 2 aromatic heterocycles. The fourth-order valence-corrected chi connectivity index (χ4v) is 2.46. The number of amides is 1. The van der Waals surface area contributed by atoms with E-state index in [2.05, 4.69) is 20.3 Å². The largest absolute Gasteiger partial charge is 0.365 e. The molecule has 108 valence electrons. The molecule has 1 amide bonds. The number of nitrogens with zero attached hydrogens (tertiary/aromatic N) is 4. The number of rotatable bonds is 3. The van der Waals surface area contributed by atoms with Gasteiger partial charge in [0.15, 0.2) is 0 Å². The average molecular weight is 283 g/mol. The van der Waals surface area contributed by atoms with Crippen molar-refractivity contribution in [2.45, 2.75) is 19.4 Å². The summed E-state index contributed by atoms with van der Waals surface area (Å²) in [7, 11) is 0. The molecule has 1 aliphatic heterocycles. The van der Waals surface area contributed by atoms with E-state index in [9.17, 15) is 4.79 Å². The minimum Gasteiger partial charge on any atom is -0.365 e. The van der Waals surface area contributed by atoms with E-state index in [1.165, 1.54) is 0 Å². The van der Waals surface area contributed by atoms with E-state index in [0.29, 0.717) is 12.2 Å². The molecule has 0 aromatic carbocycles. The van der Waals surface area contributed by atoms with Crippen LogP contribution >= 0.6 is 0 Å². The van der Waals surface area contributed by atoms with Crippen molar-refractivity contribution in [2.75, 3.05) is 18.4 Å². The summed E-state index contributed by atoms with van der Waals surface area (Å²) >= 11 is 0. The maximum absolute atomic E-state index is 12.3. The van der Waals surface area contributed by atoms with Crippen LogP contribution in [0.25, 0.3) is 0 Å². The summed E-state index contributed by atoms with van der Waals surface area (Å²) in [5.41, 5.74) is 1.42. The normalized spacial score (nSPS) is 17.8. The second-order valence-electron chi connectivity index (χ2n) is 5.14. The highest BCUT2D eigenvalue weighted by atomic mass is 16.2. The van der Waals surface area contributed by atoms with Gasteiger partial charge in [-0.1, -0.05) is 6.07 Å². The van der Waals surface area contributed by atoms with Gasteiger partial charge in [-0.25, -0.2) is 9.97 Å². The predicted molar refractivity (Wildman–Crippen MR) is 78.9 cm³/mol. The second kappa shape index (κ2) is 5.87. The number of pyridine rings is 1. The Balaban J connectivity index is 1.62. The fourth-order valence-electron chi connectivity index (χ4n) is 2.46. The number of carbonyl (C=O) groups is 1. The standard InChI is InChI=1S/C15H17N5O/c1-11-8-14(18-10-17-11)19-12-5-7-20(9-12)15(21)13-4-2-3-6-16-13/h2-4,6,8,10,12H,5,7,9H2,1H3,(H,17,18,19)/t12-/m1/s1. The summed E-state index contributed by atoms with van der Waals surface area (Å²) in [6.07, 6.45) is 4.09. The summed E-state index contributed by atoms with van der Waals surface area (Å²) in [5.74, 6) is 0.790. The molecule has 0 aliphatic carbocycles. The third-order valence-electron chi connectivity index (χ3n) is 3.52. The molecule has 0 radical (unpaired) electrons. The topological polar surface area (TPSA) is 71.0 Å². The number of nitrogens with one attached hydrogen (secondary N) is 1. The van der Waals surface area contributed by atoms with E-state index in [0.717, 1.165) is 24.5 Å². The molecule has 2 aromatic rings. The molecule has 0 bridgehead atoms. The van der Waals surface area contributed by atoms with Gasteiger partial charge in [0, 0.05) is 37.1 Å². The lowest BCUT2D eigenvalue weighted by Crippen LogP contribution is -2.32. The van der Waals surface area contributed by atoms with Crippen LogP contribution < -0.4 is 5.32 Å². The Kier molecular flexibility index (Phi) is 3.77. The number of aryl methyl sites for hydroxylation is 1. The first kappa shape index (κ1) is 13.5. The summed E-state index contributed by atoms with van der Waals surface area (Å²) in [6.45, 7) is 3.33. The second-order valence-corrected chi connectivity index (χ2v) is 5.14. The number of carbonyl (C=O) groups excluding carboxylic acids is 1. The molecule has 1 fully saturated rings. The van der Waals surface area contributed by atoms with Gasteiger partial charge in [0.1, 0.15) is 17.8 Å². The Bertz CT molecular complexity index is 631. The Morgan fingerprint density at radius 3 is 3.00 bits per heavy atom. The molecule has 1 saturated heterocycles. The van der Waals surface area contributed by atoms with Gasteiger partial charge < -0.3 is 10.2 Å². The third-order valence-corrected chi connectivity index (χ3v) is 3.52. The van der Waals surface area contributed by atoms with Gasteiger partial charge in [-0.05, 0) is 25.5 Å². The number of hydrogen-bond donors (Lipinski definition) is 1. The van der Waals surface area contributed by atoms with E-state index in [1.54, 1.807) is 18.6 Å². The Morgan fingerprint density at radius 2 is 2.24 bits per heavy atom. The van der Waals surface area contributed by atoms with E-state index in [1.807, 2.05) is 30.0 Å². The van der Waals surface area contributed by atoms with E-state index in [-0.39, 0.29) is 11.9 Å². The van der Waals surface area contributed by atoms with Crippen molar-refractivity contribution >= 4 is 11.7 Å². The van der Waals surface area contributed by atoms with Gasteiger partial charge in [-0.3, -0.25) is 9.78 Å². The fraction of sp³-hybridized carbons (Fsp3) is 0.333. The van der Waals surface area contributed by atoms with Crippen molar-refractivity contribution in [1.29, 1.82) is 0 Å². The summed E-state index contributed by atoms with van der Waals surface area (Å²) < 4.78 is 0. The lowest BCUT2D eigenvalue weighted by molar-refractivity contribution is 0.0786. The van der Waals surface area contributed by atoms with Crippen molar-refractivity contribution < 1.29 is 4.79 Å². The van der Waals surface area contributed by atoms with E-state index < -0.39 is 0 Å². The zero-order valence-corrected chi connectivity index (χ0v) is 11.9. The smallest absolute Gasteiger partial charge is 0.272 e. The highest BCUT2D eigenvalue weighted by molar-refractivity contribution is 5.92. The molecule has 0 saturated carbocycles. The van der Waals surface area contributed by atoms with Gasteiger partial charge in [-0.15, -0.1) is 0 Å². The van der Waals surface area contributed by atoms with E-state index >= 15 is 0 Å². The van der Waals surface area contributed by atoms with Gasteiger partial charge in [0.2, 0.25) is 0 Å². The molecule has 1 N–H and O–H groups in total. The molecule has 1 aliphatic rings. The Hall–Kier alpha value is -2.50. The monoisotopic (exact) mass is 283 g/mol. The summed E-state index contributed by atoms with van der Waals surface area (Å²) in [5, 5.41) is 3.35. The van der Waals surface area contributed by atoms with Crippen molar-refractivity contribution in [3.8, 4) is 0 Å². The number of anilines is 1. The lowest BCUT2D eigenvalue weighted by atomic mass is 10.2. The molecule has 6 heteroatoms. The van der Waals surface area contributed by atoms with Crippen molar-refractivity contribution in [3.63, 3.8) is 0 Å². The van der Waals surface area contributed by atoms with Crippen molar-refractivity contribution in [3.05, 3.63) is 48.2 Å². The summed E-state index contributed by atoms with van der Waals surface area (Å²) in [4.78, 5) is 26.5. The van der Waals surface area contributed by atoms with Crippen molar-refractivity contribution in [1.82, 2.24) is 19.9 Å². The van der Waals surface area contributed by atoms with Gasteiger partial charge >= 0.3 is 0 Å². The van der Waals surface area contributed by atoms with Crippen LogP contribution in [0.5, 0.6) is 0 Å². The molecule has 21 heavy (non-hydrogen) atoms. The molecule has 0 spiro atoms. The molecule has 3 rings (SSSR count). The molecule has 3 heterocycles. The molecule has 1 atom stereocenters. The quantitative estimate of drug-likeness (QED) is 0.924. The van der Waals surface area contributed by atoms with Crippen LogP contribution in [0.2, 0.25) is 0 Å². The van der Waals surface area contributed by atoms with Crippen LogP contribution in [0.4, 0.5) is 5.82 Å². The molecular formula is C15H17N5O. The zero-order valence-electron chi connectivity index (χ0n) is 11.9. The Labute approximate surface area is 123 Å². The average Bonchev–Trinajstić information content (AvgIpc) is 2.96. The van der Waals surface area contributed by atoms with Crippen LogP contribution in [0.15, 0.2) is 36.8 Å². The highest BCUT2D eigenvalue weighted by Gasteiger charge is 2.27. The first-order valence-electron chi connectivity index (χ1n) is 6.98. The maximum Gasteiger partial charge on any atom is 0.272 e. The molecule has 6 nitrogen and oxygen atoms in total. The van der Waals surface area contributed by atoms with Crippen LogP contribution in [0.3, 0.4) is 0 Å². The van der Waals surface area contributed by atoms with Crippen LogP contribution in [0, 0.1) is 6.92 Å². The predicted octanol–water partition coefficient (Wildman–Crippen LogP) is 1.51. The molecule has 0 unspecified atom stereocenters. The van der Waals surface area contributed by atoms with Gasteiger partial charge in [-0.2, -0.15) is 0 Å². The number of aromatic nitrogens is 3. The Morgan fingerprint density at radius 1 is 1.33 bits per heavy atom. The minimum atomic E-state index is -0.0150. The lowest BCUT2D eigenvalue weighted by Gasteiger charge is -2.17.